The molecule has 2 aromatic rings. The van der Waals surface area contributed by atoms with E-state index in [1.807, 2.05) is 44.2 Å². The predicted octanol–water partition coefficient (Wildman–Crippen LogP) is 3.03. The number of aromatic nitrogens is 1. The predicted molar refractivity (Wildman–Crippen MR) is 75.2 cm³/mol. The Morgan fingerprint density at radius 1 is 1.11 bits per heavy atom. The summed E-state index contributed by atoms with van der Waals surface area (Å²) in [6, 6.07) is 13.4. The van der Waals surface area contributed by atoms with Crippen LogP contribution in [0.3, 0.4) is 0 Å². The van der Waals surface area contributed by atoms with E-state index in [9.17, 15) is 0 Å². The van der Waals surface area contributed by atoms with Crippen LogP contribution in [0.4, 0.5) is 5.69 Å². The highest BCUT2D eigenvalue weighted by atomic mass is 16.5. The normalized spacial score (nSPS) is 10.5. The first-order valence-electron chi connectivity index (χ1n) is 6.25. The first-order valence-corrected chi connectivity index (χ1v) is 6.25. The van der Waals surface area contributed by atoms with Crippen LogP contribution in [-0.2, 0) is 6.61 Å². The molecule has 0 atom stereocenters. The van der Waals surface area contributed by atoms with E-state index in [1.165, 1.54) is 0 Å². The summed E-state index contributed by atoms with van der Waals surface area (Å²) in [4.78, 5) is 4.26. The van der Waals surface area contributed by atoms with E-state index < -0.39 is 0 Å². The molecule has 0 saturated carbocycles. The van der Waals surface area contributed by atoms with Crippen LogP contribution in [0.15, 0.2) is 42.5 Å². The van der Waals surface area contributed by atoms with E-state index in [2.05, 4.69) is 4.98 Å². The van der Waals surface area contributed by atoms with Gasteiger partial charge in [-0.2, -0.15) is 4.98 Å². The van der Waals surface area contributed by atoms with Crippen molar-refractivity contribution in [2.45, 2.75) is 26.6 Å². The second-order valence-electron chi connectivity index (χ2n) is 4.48. The van der Waals surface area contributed by atoms with Gasteiger partial charge in [-0.05, 0) is 25.5 Å². The molecule has 0 saturated heterocycles. The average Bonchev–Trinajstić information content (AvgIpc) is 2.40. The molecule has 0 aliphatic heterocycles. The third kappa shape index (κ3) is 3.88. The molecule has 0 spiro atoms. The molecule has 1 aromatic heterocycles. The Balaban J connectivity index is 2.04. The molecule has 0 bridgehead atoms. The summed E-state index contributed by atoms with van der Waals surface area (Å²) in [6.07, 6.45) is 0.0270. The van der Waals surface area contributed by atoms with Crippen LogP contribution in [-0.4, -0.2) is 11.1 Å². The number of pyridine rings is 1. The second-order valence-corrected chi connectivity index (χ2v) is 4.48. The second kappa shape index (κ2) is 6.09. The van der Waals surface area contributed by atoms with E-state index in [0.717, 1.165) is 5.56 Å². The smallest absolute Gasteiger partial charge is 0.240 e. The first-order chi connectivity index (χ1) is 9.15. The molecule has 2 N–H and O–H groups in total. The maximum Gasteiger partial charge on any atom is 0.240 e. The minimum atomic E-state index is 0.0270. The minimum absolute atomic E-state index is 0.0270. The zero-order valence-electron chi connectivity index (χ0n) is 11.2. The number of nitrogen functional groups attached to an aromatic ring is 1. The molecular formula is C15H18N2O2. The van der Waals surface area contributed by atoms with Crippen molar-refractivity contribution in [3.63, 3.8) is 0 Å². The maximum absolute atomic E-state index is 5.80. The van der Waals surface area contributed by atoms with Crippen LogP contribution in [0.1, 0.15) is 19.4 Å². The van der Waals surface area contributed by atoms with Gasteiger partial charge in [0.25, 0.3) is 0 Å². The van der Waals surface area contributed by atoms with Gasteiger partial charge < -0.3 is 15.2 Å². The molecule has 0 aliphatic rings. The summed E-state index contributed by atoms with van der Waals surface area (Å²) < 4.78 is 11.1. The highest BCUT2D eigenvalue weighted by molar-refractivity contribution is 5.49. The summed E-state index contributed by atoms with van der Waals surface area (Å²) in [7, 11) is 0. The number of ether oxygens (including phenoxy) is 2. The van der Waals surface area contributed by atoms with Gasteiger partial charge in [-0.15, -0.1) is 0 Å². The molecule has 2 rings (SSSR count). The molecule has 0 unspecified atom stereocenters. The Morgan fingerprint density at radius 3 is 2.53 bits per heavy atom. The molecule has 1 aromatic carbocycles. The van der Waals surface area contributed by atoms with Gasteiger partial charge >= 0.3 is 0 Å². The fourth-order valence-electron chi connectivity index (χ4n) is 1.56. The number of hydrogen-bond acceptors (Lipinski definition) is 4. The number of hydrogen-bond donors (Lipinski definition) is 1. The van der Waals surface area contributed by atoms with Gasteiger partial charge in [0.05, 0.1) is 11.8 Å². The zero-order chi connectivity index (χ0) is 13.7. The number of nitrogens with two attached hydrogens (primary N) is 1. The summed E-state index contributed by atoms with van der Waals surface area (Å²) >= 11 is 0. The van der Waals surface area contributed by atoms with E-state index in [0.29, 0.717) is 24.1 Å². The Bertz CT molecular complexity index is 527. The standard InChI is InChI=1S/C15H18N2O2/c1-11(2)19-15-13(16)8-9-14(17-15)18-10-12-6-4-3-5-7-12/h3-9,11H,10,16H2,1-2H3. The molecule has 4 nitrogen and oxygen atoms in total. The maximum atomic E-state index is 5.80. The Labute approximate surface area is 113 Å². The molecule has 100 valence electrons. The lowest BCUT2D eigenvalue weighted by Gasteiger charge is -2.12. The third-order valence-electron chi connectivity index (χ3n) is 2.44. The first kappa shape index (κ1) is 13.2. The van der Waals surface area contributed by atoms with Crippen molar-refractivity contribution in [3.8, 4) is 11.8 Å². The monoisotopic (exact) mass is 258 g/mol. The molecule has 1 heterocycles. The van der Waals surface area contributed by atoms with Gasteiger partial charge in [-0.1, -0.05) is 30.3 Å². The number of nitrogens with zero attached hydrogens (tertiary/aromatic N) is 1. The van der Waals surface area contributed by atoms with Gasteiger partial charge in [-0.3, -0.25) is 0 Å². The van der Waals surface area contributed by atoms with E-state index in [4.69, 9.17) is 15.2 Å². The van der Waals surface area contributed by atoms with Crippen LogP contribution in [0, 0.1) is 0 Å². The Kier molecular flexibility index (Phi) is 4.23. The molecule has 0 radical (unpaired) electrons. The van der Waals surface area contributed by atoms with Crippen molar-refractivity contribution in [2.24, 2.45) is 0 Å². The summed E-state index contributed by atoms with van der Waals surface area (Å²) in [5, 5.41) is 0. The number of rotatable bonds is 5. The van der Waals surface area contributed by atoms with Crippen LogP contribution >= 0.6 is 0 Å². The van der Waals surface area contributed by atoms with Crippen molar-refractivity contribution < 1.29 is 9.47 Å². The molecule has 4 heteroatoms. The molecule has 0 aliphatic carbocycles. The molecule has 0 amide bonds. The van der Waals surface area contributed by atoms with Gasteiger partial charge in [0.1, 0.15) is 6.61 Å². The molecule has 19 heavy (non-hydrogen) atoms. The fourth-order valence-corrected chi connectivity index (χ4v) is 1.56. The average molecular weight is 258 g/mol. The topological polar surface area (TPSA) is 57.4 Å². The lowest BCUT2D eigenvalue weighted by molar-refractivity contribution is 0.226. The van der Waals surface area contributed by atoms with Crippen LogP contribution < -0.4 is 15.2 Å². The fraction of sp³-hybridized carbons (Fsp3) is 0.267. The SMILES string of the molecule is CC(C)Oc1nc(OCc2ccccc2)ccc1N. The van der Waals surface area contributed by atoms with Gasteiger partial charge in [0, 0.05) is 6.07 Å². The van der Waals surface area contributed by atoms with Crippen molar-refractivity contribution >= 4 is 5.69 Å². The quantitative estimate of drug-likeness (QED) is 0.895. The van der Waals surface area contributed by atoms with E-state index in [1.54, 1.807) is 12.1 Å². The van der Waals surface area contributed by atoms with Gasteiger partial charge in [0.2, 0.25) is 11.8 Å². The van der Waals surface area contributed by atoms with Crippen molar-refractivity contribution in [3.05, 3.63) is 48.0 Å². The number of benzene rings is 1. The van der Waals surface area contributed by atoms with Crippen molar-refractivity contribution in [2.75, 3.05) is 5.73 Å². The van der Waals surface area contributed by atoms with E-state index >= 15 is 0 Å². The largest absolute Gasteiger partial charge is 0.473 e. The van der Waals surface area contributed by atoms with Crippen molar-refractivity contribution in [1.29, 1.82) is 0 Å². The van der Waals surface area contributed by atoms with Crippen LogP contribution in [0.2, 0.25) is 0 Å². The van der Waals surface area contributed by atoms with E-state index in [-0.39, 0.29) is 6.10 Å². The summed E-state index contributed by atoms with van der Waals surface area (Å²) in [5.74, 6) is 0.925. The zero-order valence-corrected chi connectivity index (χ0v) is 11.2. The molecular weight excluding hydrogens is 240 g/mol. The lowest BCUT2D eigenvalue weighted by atomic mass is 10.2. The van der Waals surface area contributed by atoms with Crippen LogP contribution in [0.25, 0.3) is 0 Å². The minimum Gasteiger partial charge on any atom is -0.473 e. The highest BCUT2D eigenvalue weighted by Gasteiger charge is 2.07. The summed E-state index contributed by atoms with van der Waals surface area (Å²) in [5.41, 5.74) is 7.41. The summed E-state index contributed by atoms with van der Waals surface area (Å²) in [6.45, 7) is 4.33. The van der Waals surface area contributed by atoms with Gasteiger partial charge in [-0.25, -0.2) is 0 Å². The lowest BCUT2D eigenvalue weighted by Crippen LogP contribution is -2.09. The van der Waals surface area contributed by atoms with Crippen LogP contribution in [0.5, 0.6) is 11.8 Å². The Hall–Kier alpha value is -2.23. The number of anilines is 1. The molecule has 0 fully saturated rings. The van der Waals surface area contributed by atoms with Crippen molar-refractivity contribution in [1.82, 2.24) is 4.98 Å². The van der Waals surface area contributed by atoms with Gasteiger partial charge in [0.15, 0.2) is 0 Å². The Morgan fingerprint density at radius 2 is 1.84 bits per heavy atom. The highest BCUT2D eigenvalue weighted by Crippen LogP contribution is 2.23. The third-order valence-corrected chi connectivity index (χ3v) is 2.44.